The van der Waals surface area contributed by atoms with Crippen LogP contribution in [0.1, 0.15) is 12.0 Å². The van der Waals surface area contributed by atoms with Gasteiger partial charge in [0.1, 0.15) is 0 Å². The summed E-state index contributed by atoms with van der Waals surface area (Å²) in [4.78, 5) is 1.24. The van der Waals surface area contributed by atoms with E-state index < -0.39 is 10.1 Å². The third-order valence-corrected chi connectivity index (χ3v) is 4.19. The Morgan fingerprint density at radius 3 is 2.63 bits per heavy atom. The Morgan fingerprint density at radius 1 is 1.16 bits per heavy atom. The molecule has 19 heavy (non-hydrogen) atoms. The number of rotatable bonds is 6. The summed E-state index contributed by atoms with van der Waals surface area (Å²) in [6, 6.07) is 12.3. The Hall–Kier alpha value is -1.17. The Labute approximate surface area is 118 Å². The molecule has 0 N–H and O–H groups in total. The molecule has 1 aromatic heterocycles. The molecule has 5 heteroatoms. The Kier molecular flexibility index (Phi) is 4.74. The van der Waals surface area contributed by atoms with E-state index in [1.165, 1.54) is 16.0 Å². The number of hydrogen-bond donors (Lipinski definition) is 0. The van der Waals surface area contributed by atoms with Crippen LogP contribution in [-0.2, 0) is 20.7 Å². The molecule has 0 bridgehead atoms. The van der Waals surface area contributed by atoms with E-state index in [0.717, 1.165) is 12.7 Å². The topological polar surface area (TPSA) is 43.4 Å². The molecule has 102 valence electrons. The minimum absolute atomic E-state index is 0.234. The van der Waals surface area contributed by atoms with Gasteiger partial charge in [0.2, 0.25) is 0 Å². The number of hydrogen-bond acceptors (Lipinski definition) is 4. The van der Waals surface area contributed by atoms with Crippen molar-refractivity contribution in [3.05, 3.63) is 47.3 Å². The molecule has 0 aliphatic carbocycles. The van der Waals surface area contributed by atoms with Gasteiger partial charge in [-0.25, -0.2) is 0 Å². The fourth-order valence-corrected chi connectivity index (χ4v) is 3.09. The van der Waals surface area contributed by atoms with Gasteiger partial charge >= 0.3 is 0 Å². The number of aryl methyl sites for hydroxylation is 1. The third kappa shape index (κ3) is 4.45. The quantitative estimate of drug-likeness (QED) is 0.606. The van der Waals surface area contributed by atoms with Gasteiger partial charge in [0, 0.05) is 4.88 Å². The molecule has 0 saturated carbocycles. The van der Waals surface area contributed by atoms with Crippen LogP contribution in [-0.4, -0.2) is 21.3 Å². The first-order valence-corrected chi connectivity index (χ1v) is 8.72. The number of benzene rings is 1. The Bertz CT molecular complexity index is 616. The Balaban J connectivity index is 2.01. The molecule has 0 saturated heterocycles. The average molecular weight is 296 g/mol. The SMILES string of the molecule is CS(=O)(=O)OCCCc1ccccc1-c1cccs1. The van der Waals surface area contributed by atoms with Crippen molar-refractivity contribution in [3.8, 4) is 10.4 Å². The van der Waals surface area contributed by atoms with Crippen molar-refractivity contribution >= 4 is 21.5 Å². The summed E-state index contributed by atoms with van der Waals surface area (Å²) < 4.78 is 26.5. The smallest absolute Gasteiger partial charge is 0.264 e. The van der Waals surface area contributed by atoms with E-state index in [0.29, 0.717) is 6.42 Å². The molecule has 2 aromatic rings. The average Bonchev–Trinajstić information content (AvgIpc) is 2.88. The molecule has 2 rings (SSSR count). The van der Waals surface area contributed by atoms with E-state index in [4.69, 9.17) is 4.18 Å². The zero-order valence-corrected chi connectivity index (χ0v) is 12.3. The largest absolute Gasteiger partial charge is 0.270 e. The fourth-order valence-electron chi connectivity index (χ4n) is 1.88. The van der Waals surface area contributed by atoms with E-state index in [2.05, 4.69) is 23.6 Å². The molecule has 0 amide bonds. The van der Waals surface area contributed by atoms with Gasteiger partial charge in [-0.05, 0) is 35.4 Å². The molecule has 0 spiro atoms. The van der Waals surface area contributed by atoms with Gasteiger partial charge < -0.3 is 0 Å². The first-order chi connectivity index (χ1) is 9.06. The van der Waals surface area contributed by atoms with Crippen LogP contribution < -0.4 is 0 Å². The summed E-state index contributed by atoms with van der Waals surface area (Å²) in [5, 5.41) is 2.05. The van der Waals surface area contributed by atoms with E-state index >= 15 is 0 Å². The molecule has 1 heterocycles. The van der Waals surface area contributed by atoms with Gasteiger partial charge in [-0.2, -0.15) is 8.42 Å². The van der Waals surface area contributed by atoms with Crippen molar-refractivity contribution in [1.29, 1.82) is 0 Å². The number of thiophene rings is 1. The standard InChI is InChI=1S/C14H16O3S2/c1-19(15,16)17-10-4-7-12-6-2-3-8-13(12)14-9-5-11-18-14/h2-3,5-6,8-9,11H,4,7,10H2,1H3. The summed E-state index contributed by atoms with van der Waals surface area (Å²) in [5.74, 6) is 0. The fraction of sp³-hybridized carbons (Fsp3) is 0.286. The predicted octanol–water partition coefficient (Wildman–Crippen LogP) is 3.32. The molecule has 0 fully saturated rings. The summed E-state index contributed by atoms with van der Waals surface area (Å²) in [6.07, 6.45) is 2.58. The van der Waals surface area contributed by atoms with Crippen LogP contribution >= 0.6 is 11.3 Å². The highest BCUT2D eigenvalue weighted by molar-refractivity contribution is 7.85. The minimum atomic E-state index is -3.33. The van der Waals surface area contributed by atoms with E-state index in [-0.39, 0.29) is 6.61 Å². The van der Waals surface area contributed by atoms with Crippen molar-refractivity contribution in [3.63, 3.8) is 0 Å². The maximum Gasteiger partial charge on any atom is 0.264 e. The molecular weight excluding hydrogens is 280 g/mol. The summed E-state index contributed by atoms with van der Waals surface area (Å²) in [6.45, 7) is 0.234. The highest BCUT2D eigenvalue weighted by Gasteiger charge is 2.06. The van der Waals surface area contributed by atoms with Crippen LogP contribution in [0.15, 0.2) is 41.8 Å². The van der Waals surface area contributed by atoms with Crippen LogP contribution in [0.2, 0.25) is 0 Å². The second-order valence-electron chi connectivity index (χ2n) is 4.26. The maximum atomic E-state index is 10.9. The van der Waals surface area contributed by atoms with Crippen LogP contribution in [0.3, 0.4) is 0 Å². The van der Waals surface area contributed by atoms with Crippen molar-refractivity contribution < 1.29 is 12.6 Å². The molecule has 3 nitrogen and oxygen atoms in total. The van der Waals surface area contributed by atoms with Crippen LogP contribution in [0.5, 0.6) is 0 Å². The van der Waals surface area contributed by atoms with E-state index in [1.54, 1.807) is 11.3 Å². The highest BCUT2D eigenvalue weighted by Crippen LogP contribution is 2.28. The molecule has 0 aliphatic heterocycles. The zero-order chi connectivity index (χ0) is 13.7. The van der Waals surface area contributed by atoms with Crippen LogP contribution in [0, 0.1) is 0 Å². The van der Waals surface area contributed by atoms with Gasteiger partial charge in [0.15, 0.2) is 0 Å². The van der Waals surface area contributed by atoms with Crippen molar-refractivity contribution in [2.75, 3.05) is 12.9 Å². The van der Waals surface area contributed by atoms with Gasteiger partial charge in [0.25, 0.3) is 10.1 Å². The van der Waals surface area contributed by atoms with Crippen molar-refractivity contribution in [2.24, 2.45) is 0 Å². The summed E-state index contributed by atoms with van der Waals surface area (Å²) in [5.41, 5.74) is 2.44. The van der Waals surface area contributed by atoms with E-state index in [9.17, 15) is 8.42 Å². The molecule has 0 aliphatic rings. The second kappa shape index (κ2) is 6.32. The lowest BCUT2D eigenvalue weighted by molar-refractivity contribution is 0.316. The minimum Gasteiger partial charge on any atom is -0.270 e. The van der Waals surface area contributed by atoms with Crippen molar-refractivity contribution in [2.45, 2.75) is 12.8 Å². The van der Waals surface area contributed by atoms with E-state index in [1.807, 2.05) is 18.2 Å². The lowest BCUT2D eigenvalue weighted by atomic mass is 10.0. The third-order valence-electron chi connectivity index (χ3n) is 2.69. The van der Waals surface area contributed by atoms with Gasteiger partial charge in [-0.15, -0.1) is 11.3 Å². The summed E-state index contributed by atoms with van der Waals surface area (Å²) in [7, 11) is -3.33. The molecule has 0 atom stereocenters. The molecule has 0 radical (unpaired) electrons. The van der Waals surface area contributed by atoms with Crippen LogP contribution in [0.25, 0.3) is 10.4 Å². The molecule has 1 aromatic carbocycles. The second-order valence-corrected chi connectivity index (χ2v) is 6.86. The lowest BCUT2D eigenvalue weighted by Crippen LogP contribution is -2.05. The van der Waals surface area contributed by atoms with Gasteiger partial charge in [0.05, 0.1) is 12.9 Å². The molecule has 0 unspecified atom stereocenters. The molecular formula is C14H16O3S2. The van der Waals surface area contributed by atoms with Crippen molar-refractivity contribution in [1.82, 2.24) is 0 Å². The monoisotopic (exact) mass is 296 g/mol. The first kappa shape index (κ1) is 14.2. The van der Waals surface area contributed by atoms with Gasteiger partial charge in [-0.3, -0.25) is 4.18 Å². The first-order valence-electron chi connectivity index (χ1n) is 6.02. The zero-order valence-electron chi connectivity index (χ0n) is 10.7. The highest BCUT2D eigenvalue weighted by atomic mass is 32.2. The predicted molar refractivity (Wildman–Crippen MR) is 78.9 cm³/mol. The normalized spacial score (nSPS) is 11.6. The lowest BCUT2D eigenvalue weighted by Gasteiger charge is -2.07. The van der Waals surface area contributed by atoms with Crippen LogP contribution in [0.4, 0.5) is 0 Å². The maximum absolute atomic E-state index is 10.9. The van der Waals surface area contributed by atoms with Gasteiger partial charge in [-0.1, -0.05) is 30.3 Å². The Morgan fingerprint density at radius 2 is 1.95 bits per heavy atom. The summed E-state index contributed by atoms with van der Waals surface area (Å²) >= 11 is 1.71.